The predicted molar refractivity (Wildman–Crippen MR) is 76.0 cm³/mol. The molecule has 0 aromatic heterocycles. The predicted octanol–water partition coefficient (Wildman–Crippen LogP) is 5.60. The SMILES string of the molecule is CC1CCCC(C)C1Nc1c(Cl)cccc1C(F)(F)F. The lowest BCUT2D eigenvalue weighted by Crippen LogP contribution is -2.37. The fourth-order valence-corrected chi connectivity index (χ4v) is 3.27. The molecule has 0 radical (unpaired) electrons. The van der Waals surface area contributed by atoms with E-state index < -0.39 is 11.7 Å². The van der Waals surface area contributed by atoms with E-state index in [2.05, 4.69) is 19.2 Å². The maximum Gasteiger partial charge on any atom is 0.418 e. The Hall–Kier alpha value is -0.900. The van der Waals surface area contributed by atoms with Crippen LogP contribution in [0.25, 0.3) is 0 Å². The van der Waals surface area contributed by atoms with Gasteiger partial charge in [-0.2, -0.15) is 13.2 Å². The van der Waals surface area contributed by atoms with E-state index in [1.54, 1.807) is 0 Å². The largest absolute Gasteiger partial charge is 0.418 e. The molecule has 1 saturated carbocycles. The zero-order valence-electron chi connectivity index (χ0n) is 11.6. The van der Waals surface area contributed by atoms with Gasteiger partial charge in [0.05, 0.1) is 16.3 Å². The molecule has 20 heavy (non-hydrogen) atoms. The molecule has 0 aliphatic heterocycles. The molecule has 1 N–H and O–H groups in total. The molecule has 0 spiro atoms. The van der Waals surface area contributed by atoms with Crippen molar-refractivity contribution in [1.82, 2.24) is 0 Å². The van der Waals surface area contributed by atoms with Crippen LogP contribution in [0.2, 0.25) is 5.02 Å². The highest BCUT2D eigenvalue weighted by Crippen LogP contribution is 2.41. The molecule has 1 aliphatic rings. The lowest BCUT2D eigenvalue weighted by atomic mass is 9.78. The molecular weight excluding hydrogens is 287 g/mol. The Morgan fingerprint density at radius 3 is 2.30 bits per heavy atom. The summed E-state index contributed by atoms with van der Waals surface area (Å²) < 4.78 is 39.2. The van der Waals surface area contributed by atoms with Crippen LogP contribution in [0, 0.1) is 11.8 Å². The maximum atomic E-state index is 13.1. The Kier molecular flexibility index (Phi) is 4.52. The van der Waals surface area contributed by atoms with Gasteiger partial charge in [0, 0.05) is 6.04 Å². The van der Waals surface area contributed by atoms with Gasteiger partial charge in [-0.15, -0.1) is 0 Å². The molecule has 1 aliphatic carbocycles. The number of para-hydroxylation sites is 1. The summed E-state index contributed by atoms with van der Waals surface area (Å²) in [4.78, 5) is 0. The Labute approximate surface area is 122 Å². The van der Waals surface area contributed by atoms with Gasteiger partial charge in [-0.05, 0) is 36.8 Å². The number of halogens is 4. The zero-order valence-corrected chi connectivity index (χ0v) is 12.4. The van der Waals surface area contributed by atoms with Gasteiger partial charge >= 0.3 is 6.18 Å². The van der Waals surface area contributed by atoms with Crippen molar-refractivity contribution in [1.29, 1.82) is 0 Å². The number of alkyl halides is 3. The van der Waals surface area contributed by atoms with E-state index in [0.717, 1.165) is 25.3 Å². The summed E-state index contributed by atoms with van der Waals surface area (Å²) >= 11 is 5.99. The minimum Gasteiger partial charge on any atom is -0.380 e. The van der Waals surface area contributed by atoms with Crippen LogP contribution in [0.4, 0.5) is 18.9 Å². The number of benzene rings is 1. The van der Waals surface area contributed by atoms with Gasteiger partial charge in [0.2, 0.25) is 0 Å². The number of rotatable bonds is 2. The minimum absolute atomic E-state index is 0.0206. The number of hydrogen-bond acceptors (Lipinski definition) is 1. The highest BCUT2D eigenvalue weighted by atomic mass is 35.5. The van der Waals surface area contributed by atoms with Crippen molar-refractivity contribution in [2.45, 2.75) is 45.3 Å². The summed E-state index contributed by atoms with van der Waals surface area (Å²) in [6.07, 6.45) is -1.19. The van der Waals surface area contributed by atoms with Crippen LogP contribution in [0.15, 0.2) is 18.2 Å². The first-order valence-electron chi connectivity index (χ1n) is 6.93. The van der Waals surface area contributed by atoms with Crippen molar-refractivity contribution in [3.8, 4) is 0 Å². The topological polar surface area (TPSA) is 12.0 Å². The number of hydrogen-bond donors (Lipinski definition) is 1. The van der Waals surface area contributed by atoms with E-state index >= 15 is 0 Å². The molecule has 1 aromatic rings. The van der Waals surface area contributed by atoms with Crippen LogP contribution in [-0.4, -0.2) is 6.04 Å². The first-order valence-corrected chi connectivity index (χ1v) is 7.30. The van der Waals surface area contributed by atoms with Gasteiger partial charge in [-0.1, -0.05) is 37.9 Å². The van der Waals surface area contributed by atoms with Gasteiger partial charge in [0.1, 0.15) is 0 Å². The molecule has 1 aromatic carbocycles. The molecule has 5 heteroatoms. The zero-order chi connectivity index (χ0) is 14.9. The van der Waals surface area contributed by atoms with Gasteiger partial charge in [-0.3, -0.25) is 0 Å². The normalized spacial score (nSPS) is 27.4. The fraction of sp³-hybridized carbons (Fsp3) is 0.600. The summed E-state index contributed by atoms with van der Waals surface area (Å²) in [5.74, 6) is 0.687. The second kappa shape index (κ2) is 5.84. The lowest BCUT2D eigenvalue weighted by Gasteiger charge is -2.36. The third kappa shape index (κ3) is 3.22. The summed E-state index contributed by atoms with van der Waals surface area (Å²) in [6, 6.07) is 3.94. The fourth-order valence-electron chi connectivity index (χ4n) is 3.04. The van der Waals surface area contributed by atoms with E-state index in [-0.39, 0.29) is 16.8 Å². The molecule has 0 heterocycles. The standard InChI is InChI=1S/C15H19ClF3N/c1-9-5-3-6-10(2)13(9)20-14-11(15(17,18)19)7-4-8-12(14)16/h4,7-10,13,20H,3,5-6H2,1-2H3. The quantitative estimate of drug-likeness (QED) is 0.750. The lowest BCUT2D eigenvalue weighted by molar-refractivity contribution is -0.137. The minimum atomic E-state index is -4.39. The van der Waals surface area contributed by atoms with Crippen molar-refractivity contribution < 1.29 is 13.2 Å². The van der Waals surface area contributed by atoms with Gasteiger partial charge < -0.3 is 5.32 Å². The van der Waals surface area contributed by atoms with Crippen LogP contribution in [0.3, 0.4) is 0 Å². The Morgan fingerprint density at radius 1 is 1.15 bits per heavy atom. The molecule has 2 unspecified atom stereocenters. The third-order valence-corrected chi connectivity index (χ3v) is 4.49. The van der Waals surface area contributed by atoms with Crippen LogP contribution < -0.4 is 5.32 Å². The Balaban J connectivity index is 2.33. The van der Waals surface area contributed by atoms with E-state index in [9.17, 15) is 13.2 Å². The molecular formula is C15H19ClF3N. The van der Waals surface area contributed by atoms with E-state index in [0.29, 0.717) is 11.8 Å². The average Bonchev–Trinajstić information content (AvgIpc) is 2.34. The van der Waals surface area contributed by atoms with Crippen molar-refractivity contribution in [2.75, 3.05) is 5.32 Å². The first-order chi connectivity index (χ1) is 9.30. The Morgan fingerprint density at radius 2 is 1.75 bits per heavy atom. The van der Waals surface area contributed by atoms with Crippen molar-refractivity contribution in [2.24, 2.45) is 11.8 Å². The number of anilines is 1. The van der Waals surface area contributed by atoms with E-state index in [1.165, 1.54) is 12.1 Å². The molecule has 0 bridgehead atoms. The van der Waals surface area contributed by atoms with Crippen LogP contribution in [0.5, 0.6) is 0 Å². The highest BCUT2D eigenvalue weighted by Gasteiger charge is 2.36. The van der Waals surface area contributed by atoms with Crippen molar-refractivity contribution in [3.63, 3.8) is 0 Å². The molecule has 1 fully saturated rings. The van der Waals surface area contributed by atoms with Gasteiger partial charge in [0.25, 0.3) is 0 Å². The third-order valence-electron chi connectivity index (χ3n) is 4.18. The van der Waals surface area contributed by atoms with Crippen LogP contribution in [-0.2, 0) is 6.18 Å². The van der Waals surface area contributed by atoms with Crippen LogP contribution >= 0.6 is 11.6 Å². The van der Waals surface area contributed by atoms with Crippen molar-refractivity contribution >= 4 is 17.3 Å². The second-order valence-electron chi connectivity index (χ2n) is 5.72. The monoisotopic (exact) mass is 305 g/mol. The van der Waals surface area contributed by atoms with E-state index in [1.807, 2.05) is 0 Å². The first kappa shape index (κ1) is 15.5. The average molecular weight is 306 g/mol. The summed E-state index contributed by atoms with van der Waals surface area (Å²) in [5, 5.41) is 3.20. The molecule has 1 nitrogen and oxygen atoms in total. The Bertz CT molecular complexity index is 463. The summed E-state index contributed by atoms with van der Waals surface area (Å²) in [5.41, 5.74) is -0.665. The van der Waals surface area contributed by atoms with E-state index in [4.69, 9.17) is 11.6 Å². The molecule has 2 atom stereocenters. The molecule has 0 amide bonds. The molecule has 112 valence electrons. The van der Waals surface area contributed by atoms with Gasteiger partial charge in [0.15, 0.2) is 0 Å². The van der Waals surface area contributed by atoms with Gasteiger partial charge in [-0.25, -0.2) is 0 Å². The molecule has 0 saturated heterocycles. The van der Waals surface area contributed by atoms with Crippen molar-refractivity contribution in [3.05, 3.63) is 28.8 Å². The summed E-state index contributed by atoms with van der Waals surface area (Å²) in [7, 11) is 0. The summed E-state index contributed by atoms with van der Waals surface area (Å²) in [6.45, 7) is 4.16. The smallest absolute Gasteiger partial charge is 0.380 e. The van der Waals surface area contributed by atoms with Crippen LogP contribution in [0.1, 0.15) is 38.7 Å². The second-order valence-corrected chi connectivity index (χ2v) is 6.12. The number of nitrogens with one attached hydrogen (secondary N) is 1. The molecule has 2 rings (SSSR count). The maximum absolute atomic E-state index is 13.1. The highest BCUT2D eigenvalue weighted by molar-refractivity contribution is 6.33.